The molecule has 0 aliphatic heterocycles. The van der Waals surface area contributed by atoms with Crippen molar-refractivity contribution in [1.29, 1.82) is 0 Å². The van der Waals surface area contributed by atoms with Crippen LogP contribution in [0.25, 0.3) is 0 Å². The first-order chi connectivity index (χ1) is 6.19. The molecule has 0 amide bonds. The van der Waals surface area contributed by atoms with Crippen LogP contribution in [0.4, 0.5) is 0 Å². The summed E-state index contributed by atoms with van der Waals surface area (Å²) in [6.07, 6.45) is 1.92. The highest BCUT2D eigenvalue weighted by molar-refractivity contribution is 5.45. The van der Waals surface area contributed by atoms with Crippen molar-refractivity contribution >= 4 is 0 Å². The van der Waals surface area contributed by atoms with E-state index in [0.717, 1.165) is 29.7 Å². The maximum Gasteiger partial charge on any atom is 0.121 e. The van der Waals surface area contributed by atoms with E-state index in [9.17, 15) is 5.11 Å². The Kier molecular flexibility index (Phi) is 3.18. The van der Waals surface area contributed by atoms with Gasteiger partial charge in [-0.1, -0.05) is 13.3 Å². The average molecular weight is 180 g/mol. The summed E-state index contributed by atoms with van der Waals surface area (Å²) in [6.45, 7) is 3.98. The molecule has 1 aromatic rings. The van der Waals surface area contributed by atoms with Crippen molar-refractivity contribution in [3.8, 4) is 11.5 Å². The van der Waals surface area contributed by atoms with Gasteiger partial charge in [-0.25, -0.2) is 0 Å². The molecule has 0 saturated heterocycles. The minimum atomic E-state index is 0.405. The predicted molar refractivity (Wildman–Crippen MR) is 53.4 cm³/mol. The Labute approximate surface area is 79.2 Å². The number of aryl methyl sites for hydroxylation is 2. The lowest BCUT2D eigenvalue weighted by molar-refractivity contribution is 0.409. The molecule has 0 saturated carbocycles. The van der Waals surface area contributed by atoms with E-state index in [1.807, 2.05) is 19.1 Å². The van der Waals surface area contributed by atoms with Gasteiger partial charge in [0.05, 0.1) is 7.11 Å². The van der Waals surface area contributed by atoms with Crippen molar-refractivity contribution in [1.82, 2.24) is 0 Å². The molecule has 2 nitrogen and oxygen atoms in total. The maximum atomic E-state index is 9.69. The van der Waals surface area contributed by atoms with Crippen molar-refractivity contribution in [3.63, 3.8) is 0 Å². The Morgan fingerprint density at radius 3 is 2.62 bits per heavy atom. The first kappa shape index (κ1) is 9.90. The largest absolute Gasteiger partial charge is 0.507 e. The van der Waals surface area contributed by atoms with Gasteiger partial charge in [-0.3, -0.25) is 0 Å². The van der Waals surface area contributed by atoms with Gasteiger partial charge in [-0.2, -0.15) is 0 Å². The fraction of sp³-hybridized carbons (Fsp3) is 0.455. The zero-order valence-electron chi connectivity index (χ0n) is 8.42. The summed E-state index contributed by atoms with van der Waals surface area (Å²) in [6, 6.07) is 3.74. The van der Waals surface area contributed by atoms with E-state index in [0.29, 0.717) is 5.75 Å². The van der Waals surface area contributed by atoms with E-state index in [1.54, 1.807) is 7.11 Å². The minimum absolute atomic E-state index is 0.405. The molecule has 1 rings (SSSR count). The molecule has 72 valence electrons. The summed E-state index contributed by atoms with van der Waals surface area (Å²) in [7, 11) is 1.64. The standard InChI is InChI=1S/C11H16O2/c1-4-5-9-7-10(13-3)6-8(2)11(9)12/h6-7,12H,4-5H2,1-3H3. The van der Waals surface area contributed by atoms with Gasteiger partial charge in [-0.15, -0.1) is 0 Å². The molecular formula is C11H16O2. The molecule has 0 spiro atoms. The monoisotopic (exact) mass is 180 g/mol. The van der Waals surface area contributed by atoms with E-state index in [1.165, 1.54) is 0 Å². The van der Waals surface area contributed by atoms with Crippen LogP contribution in [0.5, 0.6) is 11.5 Å². The second-order valence-corrected chi connectivity index (χ2v) is 3.20. The molecule has 0 aliphatic carbocycles. The van der Waals surface area contributed by atoms with E-state index >= 15 is 0 Å². The molecule has 0 fully saturated rings. The number of rotatable bonds is 3. The van der Waals surface area contributed by atoms with Crippen LogP contribution in [0.3, 0.4) is 0 Å². The topological polar surface area (TPSA) is 29.5 Å². The zero-order chi connectivity index (χ0) is 9.84. The number of hydrogen-bond acceptors (Lipinski definition) is 2. The first-order valence-electron chi connectivity index (χ1n) is 4.55. The Bertz CT molecular complexity index is 292. The van der Waals surface area contributed by atoms with E-state index in [-0.39, 0.29) is 0 Å². The van der Waals surface area contributed by atoms with Gasteiger partial charge in [-0.05, 0) is 36.6 Å². The highest BCUT2D eigenvalue weighted by atomic mass is 16.5. The van der Waals surface area contributed by atoms with Gasteiger partial charge in [0.15, 0.2) is 0 Å². The van der Waals surface area contributed by atoms with Crippen LogP contribution in [0.15, 0.2) is 12.1 Å². The molecular weight excluding hydrogens is 164 g/mol. The van der Waals surface area contributed by atoms with Crippen molar-refractivity contribution in [3.05, 3.63) is 23.3 Å². The molecule has 13 heavy (non-hydrogen) atoms. The van der Waals surface area contributed by atoms with Crippen LogP contribution < -0.4 is 4.74 Å². The second-order valence-electron chi connectivity index (χ2n) is 3.20. The number of aromatic hydroxyl groups is 1. The normalized spacial score (nSPS) is 10.1. The Balaban J connectivity index is 3.09. The Morgan fingerprint density at radius 1 is 1.38 bits per heavy atom. The summed E-state index contributed by atoms with van der Waals surface area (Å²) in [5.74, 6) is 1.22. The summed E-state index contributed by atoms with van der Waals surface area (Å²) in [5.41, 5.74) is 1.85. The van der Waals surface area contributed by atoms with Crippen LogP contribution in [-0.2, 0) is 6.42 Å². The number of hydrogen-bond donors (Lipinski definition) is 1. The SMILES string of the molecule is CCCc1cc(OC)cc(C)c1O. The fourth-order valence-corrected chi connectivity index (χ4v) is 1.39. The van der Waals surface area contributed by atoms with Crippen LogP contribution in [0.1, 0.15) is 24.5 Å². The van der Waals surface area contributed by atoms with Crippen LogP contribution in [0, 0.1) is 6.92 Å². The molecule has 0 atom stereocenters. The van der Waals surface area contributed by atoms with Crippen molar-refractivity contribution in [2.45, 2.75) is 26.7 Å². The summed E-state index contributed by atoms with van der Waals surface area (Å²) in [5, 5.41) is 9.69. The lowest BCUT2D eigenvalue weighted by Crippen LogP contribution is -1.90. The average Bonchev–Trinajstić information content (AvgIpc) is 2.13. The van der Waals surface area contributed by atoms with Gasteiger partial charge >= 0.3 is 0 Å². The van der Waals surface area contributed by atoms with E-state index in [4.69, 9.17) is 4.74 Å². The highest BCUT2D eigenvalue weighted by Crippen LogP contribution is 2.28. The number of ether oxygens (including phenoxy) is 1. The zero-order valence-corrected chi connectivity index (χ0v) is 8.42. The first-order valence-corrected chi connectivity index (χ1v) is 4.55. The van der Waals surface area contributed by atoms with Crippen LogP contribution in [-0.4, -0.2) is 12.2 Å². The fourth-order valence-electron chi connectivity index (χ4n) is 1.39. The molecule has 0 unspecified atom stereocenters. The number of methoxy groups -OCH3 is 1. The lowest BCUT2D eigenvalue weighted by Gasteiger charge is -2.09. The van der Waals surface area contributed by atoms with Crippen LogP contribution >= 0.6 is 0 Å². The molecule has 0 aliphatic rings. The van der Waals surface area contributed by atoms with Gasteiger partial charge in [0.2, 0.25) is 0 Å². The van der Waals surface area contributed by atoms with Crippen molar-refractivity contribution < 1.29 is 9.84 Å². The van der Waals surface area contributed by atoms with Crippen LogP contribution in [0.2, 0.25) is 0 Å². The van der Waals surface area contributed by atoms with Crippen molar-refractivity contribution in [2.75, 3.05) is 7.11 Å². The van der Waals surface area contributed by atoms with Gasteiger partial charge in [0, 0.05) is 0 Å². The third-order valence-electron chi connectivity index (χ3n) is 2.11. The predicted octanol–water partition coefficient (Wildman–Crippen LogP) is 2.66. The third-order valence-corrected chi connectivity index (χ3v) is 2.11. The number of phenols is 1. The van der Waals surface area contributed by atoms with E-state index in [2.05, 4.69) is 6.92 Å². The second kappa shape index (κ2) is 4.17. The molecule has 0 bridgehead atoms. The number of benzene rings is 1. The maximum absolute atomic E-state index is 9.69. The molecule has 0 radical (unpaired) electrons. The quantitative estimate of drug-likeness (QED) is 0.774. The third kappa shape index (κ3) is 2.14. The molecule has 2 heteroatoms. The van der Waals surface area contributed by atoms with Gasteiger partial charge in [0.25, 0.3) is 0 Å². The molecule has 1 N–H and O–H groups in total. The van der Waals surface area contributed by atoms with E-state index < -0.39 is 0 Å². The smallest absolute Gasteiger partial charge is 0.121 e. The summed E-state index contributed by atoms with van der Waals surface area (Å²) < 4.78 is 5.13. The van der Waals surface area contributed by atoms with Crippen molar-refractivity contribution in [2.24, 2.45) is 0 Å². The lowest BCUT2D eigenvalue weighted by atomic mass is 10.1. The number of phenolic OH excluding ortho intramolecular Hbond substituents is 1. The molecule has 1 aromatic carbocycles. The summed E-state index contributed by atoms with van der Waals surface area (Å²) >= 11 is 0. The minimum Gasteiger partial charge on any atom is -0.507 e. The Morgan fingerprint density at radius 2 is 2.08 bits per heavy atom. The molecule has 0 heterocycles. The van der Waals surface area contributed by atoms with Gasteiger partial charge < -0.3 is 9.84 Å². The molecule has 0 aromatic heterocycles. The highest BCUT2D eigenvalue weighted by Gasteiger charge is 2.05. The summed E-state index contributed by atoms with van der Waals surface area (Å²) in [4.78, 5) is 0. The Hall–Kier alpha value is -1.18. The van der Waals surface area contributed by atoms with Gasteiger partial charge in [0.1, 0.15) is 11.5 Å².